The second-order valence-corrected chi connectivity index (χ2v) is 6.86. The topological polar surface area (TPSA) is 74.2 Å². The maximum Gasteiger partial charge on any atom is 0.353 e. The number of benzene rings is 1. The van der Waals surface area contributed by atoms with E-state index in [1.807, 2.05) is 32.3 Å². The molecule has 0 fully saturated rings. The average Bonchev–Trinajstić information content (AvgIpc) is 2.64. The van der Waals surface area contributed by atoms with Crippen LogP contribution in [0.3, 0.4) is 0 Å². The first kappa shape index (κ1) is 14.0. The maximum absolute atomic E-state index is 11.0. The van der Waals surface area contributed by atoms with Crippen LogP contribution in [0.2, 0.25) is 0 Å². The van der Waals surface area contributed by atoms with Crippen molar-refractivity contribution in [3.8, 4) is 0 Å². The third kappa shape index (κ3) is 2.50. The number of hydrogen-bond acceptors (Lipinski definition) is 4. The third-order valence-electron chi connectivity index (χ3n) is 2.92. The van der Waals surface area contributed by atoms with Crippen molar-refractivity contribution in [1.82, 2.24) is 0 Å². The van der Waals surface area contributed by atoms with E-state index < -0.39 is 10.1 Å². The van der Waals surface area contributed by atoms with Gasteiger partial charge in [0.25, 0.3) is 5.52 Å². The highest BCUT2D eigenvalue weighted by Gasteiger charge is 2.32. The van der Waals surface area contributed by atoms with Crippen LogP contribution in [0.4, 0.5) is 0 Å². The standard InChI is InChI=1S/C13H17NO4S/c1-5-14-10-7-6-9(19(15,16)17)8-11(10)18-12(14)13(2,3)4/h6-8H,5H2,1-4H3. The van der Waals surface area contributed by atoms with Crippen molar-refractivity contribution < 1.29 is 22.0 Å². The van der Waals surface area contributed by atoms with E-state index in [0.717, 1.165) is 11.4 Å². The molecule has 0 saturated heterocycles. The molecule has 0 atom stereocenters. The van der Waals surface area contributed by atoms with Gasteiger partial charge in [0.2, 0.25) is 5.58 Å². The van der Waals surface area contributed by atoms with Gasteiger partial charge in [0.05, 0.1) is 10.3 Å². The highest BCUT2D eigenvalue weighted by Crippen LogP contribution is 2.26. The van der Waals surface area contributed by atoms with Crippen molar-refractivity contribution in [2.75, 3.05) is 0 Å². The number of oxazole rings is 1. The van der Waals surface area contributed by atoms with E-state index in [1.165, 1.54) is 12.1 Å². The molecule has 0 saturated carbocycles. The molecule has 1 aromatic heterocycles. The van der Waals surface area contributed by atoms with Crippen molar-refractivity contribution in [3.05, 3.63) is 24.1 Å². The summed E-state index contributed by atoms with van der Waals surface area (Å²) in [6.07, 6.45) is 0. The summed E-state index contributed by atoms with van der Waals surface area (Å²) >= 11 is 0. The first-order valence-electron chi connectivity index (χ1n) is 6.07. The van der Waals surface area contributed by atoms with Crippen molar-refractivity contribution in [3.63, 3.8) is 0 Å². The van der Waals surface area contributed by atoms with Crippen LogP contribution < -0.4 is 4.57 Å². The van der Waals surface area contributed by atoms with Crippen molar-refractivity contribution in [2.24, 2.45) is 0 Å². The number of hydrogen-bond donors (Lipinski definition) is 0. The molecule has 0 radical (unpaired) electrons. The van der Waals surface area contributed by atoms with E-state index in [2.05, 4.69) is 0 Å². The summed E-state index contributed by atoms with van der Waals surface area (Å²) < 4.78 is 40.8. The van der Waals surface area contributed by atoms with Gasteiger partial charge in [-0.1, -0.05) is 0 Å². The molecule has 1 aromatic carbocycles. The lowest BCUT2D eigenvalue weighted by Gasteiger charge is -2.09. The molecular formula is C13H17NO4S. The van der Waals surface area contributed by atoms with Gasteiger partial charge in [-0.05, 0) is 33.8 Å². The van der Waals surface area contributed by atoms with E-state index in [-0.39, 0.29) is 10.3 Å². The second kappa shape index (κ2) is 4.31. The summed E-state index contributed by atoms with van der Waals surface area (Å²) in [5.74, 6) is 0.755. The number of fused-ring (bicyclic) bond motifs is 1. The Morgan fingerprint density at radius 2 is 1.95 bits per heavy atom. The van der Waals surface area contributed by atoms with Crippen LogP contribution in [0.5, 0.6) is 0 Å². The van der Waals surface area contributed by atoms with Crippen LogP contribution in [-0.4, -0.2) is 13.0 Å². The van der Waals surface area contributed by atoms with Crippen LogP contribution in [0.25, 0.3) is 11.1 Å². The zero-order valence-electron chi connectivity index (χ0n) is 11.4. The minimum Gasteiger partial charge on any atom is -0.744 e. The maximum atomic E-state index is 11.0. The zero-order valence-corrected chi connectivity index (χ0v) is 12.2. The number of rotatable bonds is 2. The Labute approximate surface area is 112 Å². The summed E-state index contributed by atoms with van der Waals surface area (Å²) in [6.45, 7) is 8.75. The minimum absolute atomic E-state index is 0.203. The first-order chi connectivity index (χ1) is 8.64. The molecule has 0 unspecified atom stereocenters. The summed E-state index contributed by atoms with van der Waals surface area (Å²) in [4.78, 5) is -0.266. The van der Waals surface area contributed by atoms with Gasteiger partial charge < -0.3 is 8.97 Å². The first-order valence-corrected chi connectivity index (χ1v) is 7.48. The molecule has 5 nitrogen and oxygen atoms in total. The van der Waals surface area contributed by atoms with E-state index in [0.29, 0.717) is 12.1 Å². The fourth-order valence-corrected chi connectivity index (χ4v) is 2.58. The van der Waals surface area contributed by atoms with Gasteiger partial charge in [0.15, 0.2) is 0 Å². The molecule has 0 N–H and O–H groups in total. The van der Waals surface area contributed by atoms with Gasteiger partial charge in [-0.2, -0.15) is 4.57 Å². The molecular weight excluding hydrogens is 266 g/mol. The minimum atomic E-state index is -4.46. The number of aromatic nitrogens is 1. The third-order valence-corrected chi connectivity index (χ3v) is 3.75. The highest BCUT2D eigenvalue weighted by atomic mass is 32.2. The monoisotopic (exact) mass is 283 g/mol. The highest BCUT2D eigenvalue weighted by molar-refractivity contribution is 7.85. The quantitative estimate of drug-likeness (QED) is 0.623. The summed E-state index contributed by atoms with van der Waals surface area (Å²) in [6, 6.07) is 4.22. The van der Waals surface area contributed by atoms with Crippen molar-refractivity contribution in [2.45, 2.75) is 44.6 Å². The molecule has 2 aromatic rings. The summed E-state index contributed by atoms with van der Waals surface area (Å²) in [5, 5.41) is 0. The van der Waals surface area contributed by atoms with Crippen LogP contribution in [0.15, 0.2) is 27.5 Å². The molecule has 6 heteroatoms. The lowest BCUT2D eigenvalue weighted by molar-refractivity contribution is -0.684. The predicted octanol–water partition coefficient (Wildman–Crippen LogP) is 1.94. The molecule has 0 aliphatic heterocycles. The number of nitrogens with zero attached hydrogens (tertiary/aromatic N) is 1. The SMILES string of the molecule is CC[n+]1c(C(C)(C)C)oc2cc(S(=O)(=O)[O-])ccc21. The van der Waals surface area contributed by atoms with Gasteiger partial charge in [0.1, 0.15) is 16.7 Å². The normalized spacial score (nSPS) is 13.1. The van der Waals surface area contributed by atoms with Gasteiger partial charge in [-0.15, -0.1) is 0 Å². The Kier molecular flexibility index (Phi) is 3.18. The average molecular weight is 283 g/mol. The van der Waals surface area contributed by atoms with E-state index >= 15 is 0 Å². The molecule has 0 aliphatic carbocycles. The Hall–Kier alpha value is -1.40. The van der Waals surface area contributed by atoms with E-state index in [4.69, 9.17) is 4.42 Å². The Balaban J connectivity index is 2.77. The van der Waals surface area contributed by atoms with Gasteiger partial charge >= 0.3 is 5.89 Å². The zero-order chi connectivity index (χ0) is 14.4. The lowest BCUT2D eigenvalue weighted by Crippen LogP contribution is -2.40. The molecule has 2 rings (SSSR count). The summed E-state index contributed by atoms with van der Waals surface area (Å²) in [5.41, 5.74) is 1.01. The number of aryl methyl sites for hydroxylation is 1. The van der Waals surface area contributed by atoms with Crippen LogP contribution in [0.1, 0.15) is 33.6 Å². The molecule has 0 amide bonds. The van der Waals surface area contributed by atoms with Crippen molar-refractivity contribution >= 4 is 21.2 Å². The van der Waals surface area contributed by atoms with E-state index in [9.17, 15) is 13.0 Å². The fourth-order valence-electron chi connectivity index (χ4n) is 2.10. The van der Waals surface area contributed by atoms with Crippen LogP contribution >= 0.6 is 0 Å². The molecule has 1 heterocycles. The van der Waals surface area contributed by atoms with Crippen LogP contribution in [0, 0.1) is 0 Å². The van der Waals surface area contributed by atoms with Crippen LogP contribution in [-0.2, 0) is 22.1 Å². The smallest absolute Gasteiger partial charge is 0.353 e. The summed E-state index contributed by atoms with van der Waals surface area (Å²) in [7, 11) is -4.46. The molecule has 0 bridgehead atoms. The van der Waals surface area contributed by atoms with Gasteiger partial charge in [-0.3, -0.25) is 0 Å². The Morgan fingerprint density at radius 3 is 2.42 bits per heavy atom. The van der Waals surface area contributed by atoms with E-state index in [1.54, 1.807) is 6.07 Å². The molecule has 0 aliphatic rings. The Bertz CT molecular complexity index is 723. The van der Waals surface area contributed by atoms with Crippen molar-refractivity contribution in [1.29, 1.82) is 0 Å². The predicted molar refractivity (Wildman–Crippen MR) is 68.7 cm³/mol. The molecule has 104 valence electrons. The largest absolute Gasteiger partial charge is 0.744 e. The second-order valence-electron chi connectivity index (χ2n) is 5.49. The molecule has 0 spiro atoms. The lowest BCUT2D eigenvalue weighted by atomic mass is 9.96. The molecule has 19 heavy (non-hydrogen) atoms. The Morgan fingerprint density at radius 1 is 1.32 bits per heavy atom. The van der Waals surface area contributed by atoms with Gasteiger partial charge in [-0.25, -0.2) is 8.42 Å². The fraction of sp³-hybridized carbons (Fsp3) is 0.462. The van der Waals surface area contributed by atoms with Gasteiger partial charge in [0, 0.05) is 12.1 Å².